The number of carbonyl (C=O) groups is 1. The maximum absolute atomic E-state index is 11.5. The van der Waals surface area contributed by atoms with E-state index in [1.807, 2.05) is 0 Å². The zero-order valence-corrected chi connectivity index (χ0v) is 8.73. The Morgan fingerprint density at radius 1 is 1.53 bits per heavy atom. The van der Waals surface area contributed by atoms with Crippen LogP contribution < -0.4 is 0 Å². The van der Waals surface area contributed by atoms with Gasteiger partial charge in [0.25, 0.3) is 0 Å². The molecule has 0 radical (unpaired) electrons. The molecule has 1 aliphatic heterocycles. The molecule has 0 fully saturated rings. The highest BCUT2D eigenvalue weighted by atomic mass is 16.5. The third-order valence-corrected chi connectivity index (χ3v) is 3.04. The van der Waals surface area contributed by atoms with Crippen LogP contribution in [0.3, 0.4) is 0 Å². The van der Waals surface area contributed by atoms with Gasteiger partial charge in [0.2, 0.25) is 0 Å². The van der Waals surface area contributed by atoms with Gasteiger partial charge in [-0.3, -0.25) is 4.79 Å². The fraction of sp³-hybridized carbons (Fsp3) is 0.545. The van der Waals surface area contributed by atoms with Gasteiger partial charge in [-0.25, -0.2) is 0 Å². The van der Waals surface area contributed by atoms with Crippen molar-refractivity contribution in [3.8, 4) is 0 Å². The predicted molar refractivity (Wildman–Crippen MR) is 52.9 cm³/mol. The van der Waals surface area contributed by atoms with E-state index in [2.05, 4.69) is 0 Å². The highest BCUT2D eigenvalue weighted by molar-refractivity contribution is 5.99. The van der Waals surface area contributed by atoms with E-state index in [0.29, 0.717) is 6.61 Å². The first-order valence-corrected chi connectivity index (χ1v) is 4.90. The maximum Gasteiger partial charge on any atom is 0.189 e. The molecular formula is C11H14O4. The van der Waals surface area contributed by atoms with Crippen LogP contribution in [0.2, 0.25) is 0 Å². The molecule has 2 aliphatic rings. The van der Waals surface area contributed by atoms with E-state index in [1.165, 1.54) is 13.0 Å². The highest BCUT2D eigenvalue weighted by Crippen LogP contribution is 2.34. The summed E-state index contributed by atoms with van der Waals surface area (Å²) in [5.41, 5.74) is -0.959. The lowest BCUT2D eigenvalue weighted by Gasteiger charge is -2.39. The van der Waals surface area contributed by atoms with E-state index in [1.54, 1.807) is 13.0 Å². The van der Waals surface area contributed by atoms with Gasteiger partial charge in [-0.15, -0.1) is 0 Å². The van der Waals surface area contributed by atoms with Crippen LogP contribution in [-0.4, -0.2) is 34.3 Å². The summed E-state index contributed by atoms with van der Waals surface area (Å²) in [5.74, 6) is -0.0485. The van der Waals surface area contributed by atoms with E-state index in [0.717, 1.165) is 11.3 Å². The number of ether oxygens (including phenoxy) is 1. The number of hydrogen-bond acceptors (Lipinski definition) is 4. The SMILES string of the molecule is CC1=CC2=CC(=O)[C@@](C)(O)[C@@H](O)[C@@H]2CO1. The molecular weight excluding hydrogens is 196 g/mol. The Balaban J connectivity index is 2.44. The second kappa shape index (κ2) is 3.18. The van der Waals surface area contributed by atoms with E-state index in [-0.39, 0.29) is 5.92 Å². The van der Waals surface area contributed by atoms with Crippen LogP contribution in [0, 0.1) is 5.92 Å². The predicted octanol–water partition coefficient (Wildman–Crippen LogP) is 0.158. The van der Waals surface area contributed by atoms with Gasteiger partial charge in [-0.2, -0.15) is 0 Å². The van der Waals surface area contributed by atoms with Gasteiger partial charge in [0.1, 0.15) is 0 Å². The molecule has 0 aromatic heterocycles. The standard InChI is InChI=1S/C11H14O4/c1-6-3-7-4-9(12)11(2,14)10(13)8(7)5-15-6/h3-4,8,10,13-14H,5H2,1-2H3/t8-,10+,11-/m1/s1. The monoisotopic (exact) mass is 210 g/mol. The van der Waals surface area contributed by atoms with Gasteiger partial charge in [0.05, 0.1) is 18.5 Å². The number of fused-ring (bicyclic) bond motifs is 1. The Bertz CT molecular complexity index is 365. The maximum atomic E-state index is 11.5. The fourth-order valence-electron chi connectivity index (χ4n) is 1.96. The number of rotatable bonds is 0. The van der Waals surface area contributed by atoms with Crippen molar-refractivity contribution in [1.29, 1.82) is 0 Å². The quantitative estimate of drug-likeness (QED) is 0.597. The van der Waals surface area contributed by atoms with E-state index in [4.69, 9.17) is 4.74 Å². The van der Waals surface area contributed by atoms with Crippen LogP contribution >= 0.6 is 0 Å². The minimum Gasteiger partial charge on any atom is -0.497 e. The molecule has 3 atom stereocenters. The molecule has 0 spiro atoms. The molecule has 0 unspecified atom stereocenters. The summed E-state index contributed by atoms with van der Waals surface area (Å²) in [5, 5.41) is 19.7. The number of hydrogen-bond donors (Lipinski definition) is 2. The lowest BCUT2D eigenvalue weighted by molar-refractivity contribution is -0.150. The van der Waals surface area contributed by atoms with Crippen LogP contribution in [0.5, 0.6) is 0 Å². The smallest absolute Gasteiger partial charge is 0.189 e. The van der Waals surface area contributed by atoms with Gasteiger partial charge < -0.3 is 14.9 Å². The second-order valence-electron chi connectivity index (χ2n) is 4.27. The molecule has 0 saturated heterocycles. The number of allylic oxidation sites excluding steroid dienone is 2. The van der Waals surface area contributed by atoms with Crippen LogP contribution in [0.15, 0.2) is 23.5 Å². The lowest BCUT2D eigenvalue weighted by Crippen LogP contribution is -2.54. The molecule has 4 heteroatoms. The van der Waals surface area contributed by atoms with E-state index < -0.39 is 17.5 Å². The zero-order chi connectivity index (χ0) is 11.2. The summed E-state index contributed by atoms with van der Waals surface area (Å²) in [7, 11) is 0. The second-order valence-corrected chi connectivity index (χ2v) is 4.27. The Kier molecular flexibility index (Phi) is 2.20. The average Bonchev–Trinajstić information content (AvgIpc) is 2.15. The summed E-state index contributed by atoms with van der Waals surface area (Å²) in [4.78, 5) is 11.5. The largest absolute Gasteiger partial charge is 0.497 e. The highest BCUT2D eigenvalue weighted by Gasteiger charge is 2.47. The van der Waals surface area contributed by atoms with Crippen LogP contribution in [0.1, 0.15) is 13.8 Å². The van der Waals surface area contributed by atoms with Crippen LogP contribution in [0.25, 0.3) is 0 Å². The molecule has 82 valence electrons. The van der Waals surface area contributed by atoms with Crippen molar-refractivity contribution in [2.24, 2.45) is 5.92 Å². The van der Waals surface area contributed by atoms with Crippen molar-refractivity contribution in [3.05, 3.63) is 23.5 Å². The average molecular weight is 210 g/mol. The molecule has 15 heavy (non-hydrogen) atoms. The molecule has 0 aromatic rings. The minimum absolute atomic E-state index is 0.304. The first-order chi connectivity index (χ1) is 6.93. The number of carbonyl (C=O) groups excluding carboxylic acids is 1. The molecule has 0 saturated carbocycles. The molecule has 1 heterocycles. The van der Waals surface area contributed by atoms with E-state index >= 15 is 0 Å². The summed E-state index contributed by atoms with van der Waals surface area (Å²) in [6, 6.07) is 0. The summed E-state index contributed by atoms with van der Waals surface area (Å²) < 4.78 is 5.28. The van der Waals surface area contributed by atoms with Gasteiger partial charge in [-0.1, -0.05) is 0 Å². The molecule has 0 amide bonds. The third-order valence-electron chi connectivity index (χ3n) is 3.04. The van der Waals surface area contributed by atoms with Crippen molar-refractivity contribution < 1.29 is 19.7 Å². The number of ketones is 1. The topological polar surface area (TPSA) is 66.8 Å². The van der Waals surface area contributed by atoms with Gasteiger partial charge >= 0.3 is 0 Å². The van der Waals surface area contributed by atoms with Crippen LogP contribution in [0.4, 0.5) is 0 Å². The molecule has 2 rings (SSSR count). The van der Waals surface area contributed by atoms with Crippen molar-refractivity contribution in [1.82, 2.24) is 0 Å². The Hall–Kier alpha value is -1.13. The van der Waals surface area contributed by atoms with Crippen molar-refractivity contribution in [2.75, 3.05) is 6.61 Å². The minimum atomic E-state index is -1.70. The van der Waals surface area contributed by atoms with Gasteiger partial charge in [0, 0.05) is 5.92 Å². The Morgan fingerprint density at radius 2 is 2.20 bits per heavy atom. The number of aliphatic hydroxyl groups is 2. The zero-order valence-electron chi connectivity index (χ0n) is 8.73. The number of aliphatic hydroxyl groups excluding tert-OH is 1. The van der Waals surface area contributed by atoms with Crippen LogP contribution in [-0.2, 0) is 9.53 Å². The summed E-state index contributed by atoms with van der Waals surface area (Å²) in [6.07, 6.45) is 2.02. The van der Waals surface area contributed by atoms with Crippen molar-refractivity contribution in [3.63, 3.8) is 0 Å². The van der Waals surface area contributed by atoms with E-state index in [9.17, 15) is 15.0 Å². The Labute approximate surface area is 87.9 Å². The summed E-state index contributed by atoms with van der Waals surface area (Å²) >= 11 is 0. The summed E-state index contributed by atoms with van der Waals surface area (Å²) in [6.45, 7) is 3.43. The van der Waals surface area contributed by atoms with Gasteiger partial charge in [0.15, 0.2) is 11.4 Å². The normalized spacial score (nSPS) is 40.1. The molecule has 0 aromatic carbocycles. The van der Waals surface area contributed by atoms with Gasteiger partial charge in [-0.05, 0) is 31.6 Å². The lowest BCUT2D eigenvalue weighted by atomic mass is 9.75. The molecule has 2 N–H and O–H groups in total. The third kappa shape index (κ3) is 1.50. The molecule has 0 bridgehead atoms. The molecule has 1 aliphatic carbocycles. The first kappa shape index (κ1) is 10.4. The van der Waals surface area contributed by atoms with Crippen molar-refractivity contribution >= 4 is 5.78 Å². The first-order valence-electron chi connectivity index (χ1n) is 4.90. The molecule has 4 nitrogen and oxygen atoms in total. The fourth-order valence-corrected chi connectivity index (χ4v) is 1.96. The van der Waals surface area contributed by atoms with Crippen molar-refractivity contribution in [2.45, 2.75) is 25.6 Å². The Morgan fingerprint density at radius 3 is 2.87 bits per heavy atom.